The first-order valence-electron chi connectivity index (χ1n) is 11.2. The number of hydrogen-bond acceptors (Lipinski definition) is 5. The number of benzene rings is 1. The van der Waals surface area contributed by atoms with E-state index in [-0.39, 0.29) is 36.6 Å². The molecule has 0 bridgehead atoms. The molecule has 2 saturated heterocycles. The smallest absolute Gasteiger partial charge is 0.245 e. The van der Waals surface area contributed by atoms with Gasteiger partial charge in [0.25, 0.3) is 0 Å². The highest BCUT2D eigenvalue weighted by atomic mass is 16.6. The minimum absolute atomic E-state index is 0.0175. The van der Waals surface area contributed by atoms with Gasteiger partial charge in [-0.2, -0.15) is 0 Å². The molecular formula is C23H31N3O5. The van der Waals surface area contributed by atoms with Crippen molar-refractivity contribution in [3.63, 3.8) is 0 Å². The molecule has 0 aromatic heterocycles. The zero-order valence-electron chi connectivity index (χ0n) is 18.3. The van der Waals surface area contributed by atoms with E-state index in [1.54, 1.807) is 17.0 Å². The summed E-state index contributed by atoms with van der Waals surface area (Å²) in [6.07, 6.45) is 3.28. The van der Waals surface area contributed by atoms with Gasteiger partial charge in [-0.3, -0.25) is 14.4 Å². The zero-order valence-corrected chi connectivity index (χ0v) is 18.3. The standard InChI is InChI=1S/C23H31N3O5/c1-15(2)21(23(29)25-8-4-3-5-9-25)24-22(28)16-12-20(27)26(14-16)17-6-7-18-19(13-17)31-11-10-30-18/h6-7,13,15-16,21H,3-5,8-12,14H2,1-2H3,(H,24,28)/t16-,21-/m0/s1. The van der Waals surface area contributed by atoms with Gasteiger partial charge in [0.2, 0.25) is 17.7 Å². The molecular weight excluding hydrogens is 398 g/mol. The molecule has 0 unspecified atom stereocenters. The molecule has 0 spiro atoms. The first-order valence-corrected chi connectivity index (χ1v) is 11.2. The van der Waals surface area contributed by atoms with Gasteiger partial charge in [0.15, 0.2) is 11.5 Å². The summed E-state index contributed by atoms with van der Waals surface area (Å²) in [5, 5.41) is 2.94. The van der Waals surface area contributed by atoms with E-state index in [2.05, 4.69) is 5.32 Å². The van der Waals surface area contributed by atoms with Crippen LogP contribution in [0.4, 0.5) is 5.69 Å². The van der Waals surface area contributed by atoms with Gasteiger partial charge < -0.3 is 24.6 Å². The molecule has 2 atom stereocenters. The molecule has 3 aliphatic rings. The Kier molecular flexibility index (Phi) is 6.34. The van der Waals surface area contributed by atoms with Gasteiger partial charge in [-0.05, 0) is 37.3 Å². The maximum Gasteiger partial charge on any atom is 0.245 e. The summed E-state index contributed by atoms with van der Waals surface area (Å²) in [5.41, 5.74) is 0.689. The van der Waals surface area contributed by atoms with Gasteiger partial charge >= 0.3 is 0 Å². The normalized spacial score (nSPS) is 21.9. The molecule has 8 nitrogen and oxygen atoms in total. The second kappa shape index (κ2) is 9.16. The van der Waals surface area contributed by atoms with Gasteiger partial charge in [-0.15, -0.1) is 0 Å². The lowest BCUT2D eigenvalue weighted by molar-refractivity contribution is -0.139. The first-order chi connectivity index (χ1) is 14.9. The van der Waals surface area contributed by atoms with Crippen LogP contribution in [0.15, 0.2) is 18.2 Å². The Morgan fingerprint density at radius 3 is 2.48 bits per heavy atom. The van der Waals surface area contributed by atoms with Gasteiger partial charge in [0.1, 0.15) is 19.3 Å². The Morgan fingerprint density at radius 1 is 1.06 bits per heavy atom. The van der Waals surface area contributed by atoms with Crippen molar-refractivity contribution in [2.24, 2.45) is 11.8 Å². The molecule has 8 heteroatoms. The second-order valence-corrected chi connectivity index (χ2v) is 8.85. The Balaban J connectivity index is 1.41. The summed E-state index contributed by atoms with van der Waals surface area (Å²) in [4.78, 5) is 42.1. The van der Waals surface area contributed by atoms with Gasteiger partial charge in [-0.1, -0.05) is 13.8 Å². The minimum atomic E-state index is -0.566. The Bertz CT molecular complexity index is 850. The van der Waals surface area contributed by atoms with Crippen LogP contribution in [0.1, 0.15) is 39.5 Å². The van der Waals surface area contributed by atoms with E-state index in [4.69, 9.17) is 9.47 Å². The van der Waals surface area contributed by atoms with Crippen molar-refractivity contribution in [3.05, 3.63) is 18.2 Å². The number of nitrogens with one attached hydrogen (secondary N) is 1. The number of amides is 3. The Morgan fingerprint density at radius 2 is 1.77 bits per heavy atom. The predicted octanol–water partition coefficient (Wildman–Crippen LogP) is 1.96. The van der Waals surface area contributed by atoms with E-state index < -0.39 is 12.0 Å². The molecule has 168 valence electrons. The molecule has 3 heterocycles. The van der Waals surface area contributed by atoms with Crippen LogP contribution >= 0.6 is 0 Å². The number of hydrogen-bond donors (Lipinski definition) is 1. The highest BCUT2D eigenvalue weighted by Gasteiger charge is 2.38. The van der Waals surface area contributed by atoms with Crippen molar-refractivity contribution in [1.29, 1.82) is 0 Å². The van der Waals surface area contributed by atoms with E-state index in [9.17, 15) is 14.4 Å². The number of ether oxygens (including phenoxy) is 2. The molecule has 3 aliphatic heterocycles. The van der Waals surface area contributed by atoms with Gasteiger partial charge in [-0.25, -0.2) is 0 Å². The van der Waals surface area contributed by atoms with Crippen LogP contribution in [0.3, 0.4) is 0 Å². The highest BCUT2D eigenvalue weighted by molar-refractivity contribution is 6.01. The average Bonchev–Trinajstić information content (AvgIpc) is 3.18. The van der Waals surface area contributed by atoms with E-state index in [0.717, 1.165) is 32.4 Å². The van der Waals surface area contributed by atoms with E-state index in [1.165, 1.54) is 0 Å². The van der Waals surface area contributed by atoms with Gasteiger partial charge in [0.05, 0.1) is 5.92 Å². The lowest BCUT2D eigenvalue weighted by Crippen LogP contribution is -2.53. The van der Waals surface area contributed by atoms with E-state index in [1.807, 2.05) is 24.8 Å². The Hall–Kier alpha value is -2.77. The number of rotatable bonds is 5. The number of piperidine rings is 1. The summed E-state index contributed by atoms with van der Waals surface area (Å²) in [5.74, 6) is 0.387. The first kappa shape index (κ1) is 21.5. The molecule has 3 amide bonds. The fraction of sp³-hybridized carbons (Fsp3) is 0.609. The quantitative estimate of drug-likeness (QED) is 0.773. The second-order valence-electron chi connectivity index (χ2n) is 8.85. The Labute approximate surface area is 182 Å². The molecule has 1 aromatic rings. The fourth-order valence-corrected chi connectivity index (χ4v) is 4.43. The van der Waals surface area contributed by atoms with Crippen molar-refractivity contribution < 1.29 is 23.9 Å². The van der Waals surface area contributed by atoms with Crippen LogP contribution in [0.5, 0.6) is 11.5 Å². The number of fused-ring (bicyclic) bond motifs is 1. The van der Waals surface area contributed by atoms with Crippen molar-refractivity contribution in [1.82, 2.24) is 10.2 Å². The summed E-state index contributed by atoms with van der Waals surface area (Å²) in [6, 6.07) is 4.81. The van der Waals surface area contributed by atoms with Gasteiger partial charge in [0, 0.05) is 37.8 Å². The fourth-order valence-electron chi connectivity index (χ4n) is 4.43. The van der Waals surface area contributed by atoms with Crippen LogP contribution in [0.25, 0.3) is 0 Å². The number of carbonyl (C=O) groups is 3. The summed E-state index contributed by atoms with van der Waals surface area (Å²) in [7, 11) is 0. The predicted molar refractivity (Wildman–Crippen MR) is 115 cm³/mol. The lowest BCUT2D eigenvalue weighted by atomic mass is 9.99. The van der Waals surface area contributed by atoms with Crippen molar-refractivity contribution in [2.45, 2.75) is 45.6 Å². The molecule has 0 aliphatic carbocycles. The van der Waals surface area contributed by atoms with Crippen LogP contribution in [-0.4, -0.2) is 61.5 Å². The molecule has 1 aromatic carbocycles. The number of carbonyl (C=O) groups excluding carboxylic acids is 3. The molecule has 0 radical (unpaired) electrons. The van der Waals surface area contributed by atoms with Crippen molar-refractivity contribution in [2.75, 3.05) is 37.7 Å². The molecule has 2 fully saturated rings. The number of anilines is 1. The van der Waals surface area contributed by atoms with E-state index >= 15 is 0 Å². The van der Waals surface area contributed by atoms with E-state index in [0.29, 0.717) is 30.4 Å². The number of nitrogens with zero attached hydrogens (tertiary/aromatic N) is 2. The molecule has 4 rings (SSSR count). The summed E-state index contributed by atoms with van der Waals surface area (Å²) < 4.78 is 11.1. The van der Waals surface area contributed by atoms with Crippen molar-refractivity contribution >= 4 is 23.4 Å². The molecule has 0 saturated carbocycles. The summed E-state index contributed by atoms with van der Waals surface area (Å²) >= 11 is 0. The SMILES string of the molecule is CC(C)[C@H](NC(=O)[C@H]1CC(=O)N(c2ccc3c(c2)OCCO3)C1)C(=O)N1CCCCC1. The number of likely N-dealkylation sites (tertiary alicyclic amines) is 1. The third-order valence-electron chi connectivity index (χ3n) is 6.23. The zero-order chi connectivity index (χ0) is 22.0. The van der Waals surface area contributed by atoms with Crippen LogP contribution in [-0.2, 0) is 14.4 Å². The van der Waals surface area contributed by atoms with Crippen LogP contribution < -0.4 is 19.7 Å². The maximum absolute atomic E-state index is 13.0. The largest absolute Gasteiger partial charge is 0.486 e. The summed E-state index contributed by atoms with van der Waals surface area (Å²) in [6.45, 7) is 6.63. The van der Waals surface area contributed by atoms with Crippen LogP contribution in [0.2, 0.25) is 0 Å². The third kappa shape index (κ3) is 4.62. The molecule has 31 heavy (non-hydrogen) atoms. The maximum atomic E-state index is 13.0. The third-order valence-corrected chi connectivity index (χ3v) is 6.23. The monoisotopic (exact) mass is 429 g/mol. The minimum Gasteiger partial charge on any atom is -0.486 e. The lowest BCUT2D eigenvalue weighted by Gasteiger charge is -2.32. The van der Waals surface area contributed by atoms with Crippen LogP contribution in [0, 0.1) is 11.8 Å². The van der Waals surface area contributed by atoms with Crippen molar-refractivity contribution in [3.8, 4) is 11.5 Å². The average molecular weight is 430 g/mol. The highest BCUT2D eigenvalue weighted by Crippen LogP contribution is 2.36. The topological polar surface area (TPSA) is 88.2 Å². The molecule has 1 N–H and O–H groups in total.